The van der Waals surface area contributed by atoms with Crippen molar-refractivity contribution in [2.75, 3.05) is 31.1 Å². The SMILES string of the molecule is CC1CN(c2ccc(CNCC3CNNC3C)cn2)CC(C)O1.Cl. The number of hydrogen-bond donors (Lipinski definition) is 3. The highest BCUT2D eigenvalue weighted by atomic mass is 35.5. The minimum Gasteiger partial charge on any atom is -0.372 e. The molecule has 0 radical (unpaired) electrons. The summed E-state index contributed by atoms with van der Waals surface area (Å²) in [5.41, 5.74) is 7.69. The summed E-state index contributed by atoms with van der Waals surface area (Å²) in [5, 5.41) is 3.53. The molecule has 6 nitrogen and oxygen atoms in total. The molecule has 2 aliphatic rings. The zero-order valence-electron chi connectivity index (χ0n) is 14.8. The standard InChI is InChI=1S/C17H29N5O.ClH/c1-12-10-22(11-13(2)23-12)17-5-4-15(7-19-17)6-18-8-16-9-20-21-14(16)3;/h4-5,7,12-14,16,18,20-21H,6,8-11H2,1-3H3;1H. The van der Waals surface area contributed by atoms with Crippen LogP contribution in [0.4, 0.5) is 5.82 Å². The van der Waals surface area contributed by atoms with Crippen LogP contribution in [0.15, 0.2) is 18.3 Å². The largest absolute Gasteiger partial charge is 0.372 e. The summed E-state index contributed by atoms with van der Waals surface area (Å²) < 4.78 is 5.78. The molecule has 136 valence electrons. The fraction of sp³-hybridized carbons (Fsp3) is 0.706. The van der Waals surface area contributed by atoms with Gasteiger partial charge >= 0.3 is 0 Å². The fourth-order valence-electron chi connectivity index (χ4n) is 3.37. The fourth-order valence-corrected chi connectivity index (χ4v) is 3.37. The van der Waals surface area contributed by atoms with Crippen LogP contribution in [0.5, 0.6) is 0 Å². The van der Waals surface area contributed by atoms with E-state index in [9.17, 15) is 0 Å². The molecular weight excluding hydrogens is 326 g/mol. The minimum atomic E-state index is 0. The number of aromatic nitrogens is 1. The smallest absolute Gasteiger partial charge is 0.128 e. The van der Waals surface area contributed by atoms with E-state index in [0.717, 1.165) is 38.5 Å². The van der Waals surface area contributed by atoms with Crippen LogP contribution in [0.25, 0.3) is 0 Å². The maximum absolute atomic E-state index is 5.78. The van der Waals surface area contributed by atoms with E-state index in [1.165, 1.54) is 5.56 Å². The van der Waals surface area contributed by atoms with Crippen LogP contribution in [0, 0.1) is 5.92 Å². The van der Waals surface area contributed by atoms with Crippen molar-refractivity contribution in [3.63, 3.8) is 0 Å². The second-order valence-electron chi connectivity index (χ2n) is 6.89. The molecule has 3 N–H and O–H groups in total. The Balaban J connectivity index is 0.00000208. The van der Waals surface area contributed by atoms with E-state index in [0.29, 0.717) is 12.0 Å². The molecule has 1 aromatic heterocycles. The van der Waals surface area contributed by atoms with E-state index in [-0.39, 0.29) is 24.6 Å². The van der Waals surface area contributed by atoms with E-state index < -0.39 is 0 Å². The van der Waals surface area contributed by atoms with Gasteiger partial charge in [-0.2, -0.15) is 0 Å². The van der Waals surface area contributed by atoms with Crippen LogP contribution in [0.1, 0.15) is 26.3 Å². The number of anilines is 1. The Labute approximate surface area is 151 Å². The lowest BCUT2D eigenvalue weighted by atomic mass is 10.0. The molecule has 0 aromatic carbocycles. The van der Waals surface area contributed by atoms with Crippen molar-refractivity contribution in [2.45, 2.75) is 45.6 Å². The first-order valence-corrected chi connectivity index (χ1v) is 8.66. The number of morpholine rings is 1. The molecule has 7 heteroatoms. The average Bonchev–Trinajstić information content (AvgIpc) is 2.92. The van der Waals surface area contributed by atoms with Gasteiger partial charge in [0.1, 0.15) is 5.82 Å². The lowest BCUT2D eigenvalue weighted by molar-refractivity contribution is -0.00545. The summed E-state index contributed by atoms with van der Waals surface area (Å²) in [7, 11) is 0. The van der Waals surface area contributed by atoms with E-state index in [1.807, 2.05) is 6.20 Å². The minimum absolute atomic E-state index is 0. The highest BCUT2D eigenvalue weighted by Crippen LogP contribution is 2.18. The Kier molecular flexibility index (Phi) is 7.25. The Morgan fingerprint density at radius 2 is 2.00 bits per heavy atom. The van der Waals surface area contributed by atoms with Crippen LogP contribution >= 0.6 is 12.4 Å². The summed E-state index contributed by atoms with van der Waals surface area (Å²) in [5.74, 6) is 1.69. The van der Waals surface area contributed by atoms with Crippen molar-refractivity contribution in [1.82, 2.24) is 21.2 Å². The maximum atomic E-state index is 5.78. The molecule has 1 aromatic rings. The van der Waals surface area contributed by atoms with Gasteiger partial charge in [-0.25, -0.2) is 4.98 Å². The third-order valence-electron chi connectivity index (χ3n) is 4.69. The zero-order valence-corrected chi connectivity index (χ0v) is 15.6. The summed E-state index contributed by atoms with van der Waals surface area (Å²) in [4.78, 5) is 6.96. The molecule has 2 aliphatic heterocycles. The molecule has 4 atom stereocenters. The monoisotopic (exact) mass is 355 g/mol. The van der Waals surface area contributed by atoms with Gasteiger partial charge in [-0.3, -0.25) is 10.9 Å². The topological polar surface area (TPSA) is 61.5 Å². The third kappa shape index (κ3) is 5.04. The van der Waals surface area contributed by atoms with Crippen molar-refractivity contribution >= 4 is 18.2 Å². The lowest BCUT2D eigenvalue weighted by Crippen LogP contribution is -2.45. The molecule has 2 fully saturated rings. The third-order valence-corrected chi connectivity index (χ3v) is 4.69. The number of halogens is 1. The van der Waals surface area contributed by atoms with E-state index in [4.69, 9.17) is 4.74 Å². The van der Waals surface area contributed by atoms with Gasteiger partial charge in [0.2, 0.25) is 0 Å². The number of ether oxygens (including phenoxy) is 1. The quantitative estimate of drug-likeness (QED) is 0.740. The van der Waals surface area contributed by atoms with Gasteiger partial charge in [0, 0.05) is 50.9 Å². The van der Waals surface area contributed by atoms with E-state index in [2.05, 4.69) is 59.0 Å². The van der Waals surface area contributed by atoms with Gasteiger partial charge in [-0.05, 0) is 32.4 Å². The van der Waals surface area contributed by atoms with Crippen LogP contribution in [0.3, 0.4) is 0 Å². The first-order chi connectivity index (χ1) is 11.1. The van der Waals surface area contributed by atoms with Gasteiger partial charge in [0.15, 0.2) is 0 Å². The molecule has 0 aliphatic carbocycles. The van der Waals surface area contributed by atoms with Crippen LogP contribution in [-0.4, -0.2) is 49.4 Å². The van der Waals surface area contributed by atoms with Crippen LogP contribution < -0.4 is 21.1 Å². The second-order valence-corrected chi connectivity index (χ2v) is 6.89. The van der Waals surface area contributed by atoms with E-state index >= 15 is 0 Å². The molecule has 0 bridgehead atoms. The normalized spacial score (nSPS) is 30.2. The summed E-state index contributed by atoms with van der Waals surface area (Å²) in [6, 6.07) is 4.82. The van der Waals surface area contributed by atoms with Crippen molar-refractivity contribution in [2.24, 2.45) is 5.92 Å². The molecule has 3 rings (SSSR count). The molecule has 2 saturated heterocycles. The molecule has 0 spiro atoms. The Hall–Kier alpha value is -0.920. The van der Waals surface area contributed by atoms with Crippen molar-refractivity contribution in [3.05, 3.63) is 23.9 Å². The molecule has 0 saturated carbocycles. The highest BCUT2D eigenvalue weighted by molar-refractivity contribution is 5.85. The Bertz CT molecular complexity index is 490. The molecular formula is C17H30ClN5O. The van der Waals surface area contributed by atoms with Gasteiger partial charge < -0.3 is 15.0 Å². The summed E-state index contributed by atoms with van der Waals surface area (Å²) in [6.45, 7) is 11.2. The predicted molar refractivity (Wildman–Crippen MR) is 99.5 cm³/mol. The highest BCUT2D eigenvalue weighted by Gasteiger charge is 2.23. The summed E-state index contributed by atoms with van der Waals surface area (Å²) in [6.07, 6.45) is 2.51. The number of pyridine rings is 1. The number of hydrogen-bond acceptors (Lipinski definition) is 6. The van der Waals surface area contributed by atoms with Gasteiger partial charge in [0.25, 0.3) is 0 Å². The number of hydrazine groups is 1. The van der Waals surface area contributed by atoms with Gasteiger partial charge in [-0.15, -0.1) is 12.4 Å². The van der Waals surface area contributed by atoms with Crippen LogP contribution in [-0.2, 0) is 11.3 Å². The Morgan fingerprint density at radius 3 is 2.58 bits per heavy atom. The van der Waals surface area contributed by atoms with Crippen molar-refractivity contribution in [1.29, 1.82) is 0 Å². The number of nitrogens with one attached hydrogen (secondary N) is 3. The second kappa shape index (κ2) is 8.97. The summed E-state index contributed by atoms with van der Waals surface area (Å²) >= 11 is 0. The lowest BCUT2D eigenvalue weighted by Gasteiger charge is -2.36. The number of rotatable bonds is 5. The van der Waals surface area contributed by atoms with Crippen LogP contribution in [0.2, 0.25) is 0 Å². The van der Waals surface area contributed by atoms with Gasteiger partial charge in [-0.1, -0.05) is 6.07 Å². The molecule has 0 amide bonds. The number of nitrogens with zero attached hydrogens (tertiary/aromatic N) is 2. The maximum Gasteiger partial charge on any atom is 0.128 e. The Morgan fingerprint density at radius 1 is 1.25 bits per heavy atom. The first-order valence-electron chi connectivity index (χ1n) is 8.66. The van der Waals surface area contributed by atoms with E-state index in [1.54, 1.807) is 0 Å². The van der Waals surface area contributed by atoms with Crippen molar-refractivity contribution in [3.8, 4) is 0 Å². The van der Waals surface area contributed by atoms with Crippen molar-refractivity contribution < 1.29 is 4.74 Å². The van der Waals surface area contributed by atoms with Gasteiger partial charge in [0.05, 0.1) is 12.2 Å². The molecule has 4 unspecified atom stereocenters. The average molecular weight is 356 g/mol. The molecule has 3 heterocycles. The zero-order chi connectivity index (χ0) is 16.2. The molecule has 24 heavy (non-hydrogen) atoms. The predicted octanol–water partition coefficient (Wildman–Crippen LogP) is 1.32. The first kappa shape index (κ1) is 19.4.